The molecule has 0 spiro atoms. The van der Waals surface area contributed by atoms with Gasteiger partial charge in [0.2, 0.25) is 0 Å². The number of aliphatic carboxylic acids is 1. The van der Waals surface area contributed by atoms with Crippen molar-refractivity contribution < 1.29 is 38.2 Å². The zero-order valence-corrected chi connectivity index (χ0v) is 38.4. The van der Waals surface area contributed by atoms with Crippen LogP contribution >= 0.6 is 0 Å². The third kappa shape index (κ3) is 40.0. The van der Waals surface area contributed by atoms with E-state index < -0.39 is 18.1 Å². The van der Waals surface area contributed by atoms with Gasteiger partial charge >= 0.3 is 11.9 Å². The minimum absolute atomic E-state index is 0.0283. The number of hydrogen-bond acceptors (Lipinski definition) is 7. The number of nitrogens with zero attached hydrogens (tertiary/aromatic N) is 1. The number of carbonyl (C=O) groups excluding carboxylic acids is 3. The number of quaternary nitrogens is 1. The van der Waals surface area contributed by atoms with Crippen LogP contribution in [-0.4, -0.2) is 75.5 Å². The van der Waals surface area contributed by atoms with E-state index >= 15 is 0 Å². The predicted octanol–water partition coefficient (Wildman–Crippen LogP) is 11.8. The summed E-state index contributed by atoms with van der Waals surface area (Å²) in [4.78, 5) is 36.9. The highest BCUT2D eigenvalue weighted by Gasteiger charge is 2.25. The number of ether oxygens (including phenoxy) is 3. The molecule has 0 bridgehead atoms. The van der Waals surface area contributed by atoms with E-state index in [2.05, 4.69) is 86.8 Å². The molecule has 0 aliphatic heterocycles. The standard InChI is InChI=1S/C51H87NO7/c1-6-8-10-12-14-16-18-20-21-22-23-24-25-26-27-28-30-31-33-35-37-39-41-49(53)58-46-47(45-57-44-43-48(51(55)56)52(3,4)5)59-50(54)42-40-38-36-34-32-29-19-17-15-13-11-9-7-2/h8,10,14,16,20-21,23-24,26-27,30-31,47-48H,6-7,9,11-13,15,17-19,22,25,28-29,32-46H2,1-5H3/b10-8+,16-14+,21-20+,24-23+,27-26+,31-30+. The number of carboxylic acid groups (broad SMARTS) is 1. The van der Waals surface area contributed by atoms with Crippen LogP contribution in [0.2, 0.25) is 0 Å². The van der Waals surface area contributed by atoms with Crippen LogP contribution < -0.4 is 5.11 Å². The van der Waals surface area contributed by atoms with Gasteiger partial charge in [-0.1, -0.05) is 170 Å². The summed E-state index contributed by atoms with van der Waals surface area (Å²) in [6, 6.07) is -0.733. The number of likely N-dealkylation sites (N-methyl/N-ethyl adjacent to an activating group) is 1. The molecule has 0 N–H and O–H groups in total. The van der Waals surface area contributed by atoms with E-state index in [-0.39, 0.29) is 42.7 Å². The summed E-state index contributed by atoms with van der Waals surface area (Å²) < 4.78 is 17.2. The van der Waals surface area contributed by atoms with Crippen molar-refractivity contribution in [2.24, 2.45) is 0 Å². The minimum atomic E-state index is -1.13. The van der Waals surface area contributed by atoms with Gasteiger partial charge < -0.3 is 28.6 Å². The Labute approximate surface area is 361 Å². The lowest BCUT2D eigenvalue weighted by Gasteiger charge is -2.34. The van der Waals surface area contributed by atoms with Crippen molar-refractivity contribution in [3.63, 3.8) is 0 Å². The number of unbranched alkanes of at least 4 members (excludes halogenated alkanes) is 15. The number of rotatable bonds is 41. The van der Waals surface area contributed by atoms with Crippen molar-refractivity contribution in [3.05, 3.63) is 72.9 Å². The first kappa shape index (κ1) is 55.8. The van der Waals surface area contributed by atoms with Crippen LogP contribution in [0.3, 0.4) is 0 Å². The Morgan fingerprint density at radius 1 is 0.525 bits per heavy atom. The average molecular weight is 826 g/mol. The Morgan fingerprint density at radius 3 is 1.41 bits per heavy atom. The van der Waals surface area contributed by atoms with Crippen LogP contribution in [0.25, 0.3) is 0 Å². The van der Waals surface area contributed by atoms with Gasteiger partial charge in [0.25, 0.3) is 0 Å². The highest BCUT2D eigenvalue weighted by atomic mass is 16.6. The van der Waals surface area contributed by atoms with Crippen LogP contribution in [0.5, 0.6) is 0 Å². The smallest absolute Gasteiger partial charge is 0.306 e. The maximum atomic E-state index is 12.7. The highest BCUT2D eigenvalue weighted by molar-refractivity contribution is 5.70. The van der Waals surface area contributed by atoms with Crippen molar-refractivity contribution in [1.82, 2.24) is 0 Å². The van der Waals surface area contributed by atoms with E-state index in [9.17, 15) is 19.5 Å². The van der Waals surface area contributed by atoms with E-state index in [0.717, 1.165) is 83.5 Å². The van der Waals surface area contributed by atoms with Gasteiger partial charge in [0.05, 0.1) is 40.3 Å². The molecule has 0 saturated heterocycles. The lowest BCUT2D eigenvalue weighted by Crippen LogP contribution is -2.55. The second kappa shape index (κ2) is 41.5. The SMILES string of the molecule is CC/C=C/C/C=C/C/C=C/C/C=C/C/C=C/C/C=C/CCCCCC(=O)OCC(COCCC(C(=O)[O-])[N+](C)(C)C)OC(=O)CCCCCCCCCCCCCCC. The molecular formula is C51H87NO7. The summed E-state index contributed by atoms with van der Waals surface area (Å²) in [7, 11) is 5.39. The molecule has 0 aliphatic carbocycles. The summed E-state index contributed by atoms with van der Waals surface area (Å²) >= 11 is 0. The molecule has 0 amide bonds. The van der Waals surface area contributed by atoms with Crippen molar-refractivity contribution in [1.29, 1.82) is 0 Å². The molecule has 2 unspecified atom stereocenters. The van der Waals surface area contributed by atoms with Crippen LogP contribution in [0.4, 0.5) is 0 Å². The van der Waals surface area contributed by atoms with Crippen LogP contribution in [0.1, 0.15) is 181 Å². The molecule has 0 radical (unpaired) electrons. The van der Waals surface area contributed by atoms with Gasteiger partial charge in [0, 0.05) is 19.3 Å². The summed E-state index contributed by atoms with van der Waals surface area (Å²) in [5.41, 5.74) is 0. The Hall–Kier alpha value is -3.23. The largest absolute Gasteiger partial charge is 0.544 e. The Bertz CT molecular complexity index is 1190. The van der Waals surface area contributed by atoms with E-state index in [1.807, 2.05) is 0 Å². The zero-order chi connectivity index (χ0) is 43.5. The Kier molecular flexibility index (Phi) is 39.2. The number of carbonyl (C=O) groups is 3. The van der Waals surface area contributed by atoms with Crippen molar-refractivity contribution in [3.8, 4) is 0 Å². The first-order valence-corrected chi connectivity index (χ1v) is 23.5. The van der Waals surface area contributed by atoms with E-state index in [1.165, 1.54) is 64.2 Å². The summed E-state index contributed by atoms with van der Waals surface area (Å²) in [5.74, 6) is -1.78. The molecule has 8 heteroatoms. The monoisotopic (exact) mass is 826 g/mol. The number of carboxylic acids is 1. The number of allylic oxidation sites excluding steroid dienone is 12. The first-order valence-electron chi connectivity index (χ1n) is 23.5. The molecule has 0 aliphatic rings. The van der Waals surface area contributed by atoms with Gasteiger partial charge in [0.15, 0.2) is 6.10 Å². The fraction of sp³-hybridized carbons (Fsp3) is 0.706. The van der Waals surface area contributed by atoms with E-state index in [0.29, 0.717) is 12.8 Å². The minimum Gasteiger partial charge on any atom is -0.544 e. The van der Waals surface area contributed by atoms with E-state index in [4.69, 9.17) is 14.2 Å². The molecule has 0 rings (SSSR count). The lowest BCUT2D eigenvalue weighted by atomic mass is 10.0. The quantitative estimate of drug-likeness (QED) is 0.0262. The Morgan fingerprint density at radius 2 is 0.949 bits per heavy atom. The van der Waals surface area contributed by atoms with Crippen molar-refractivity contribution in [2.45, 2.75) is 193 Å². The van der Waals surface area contributed by atoms with E-state index in [1.54, 1.807) is 21.1 Å². The van der Waals surface area contributed by atoms with Gasteiger partial charge in [-0.15, -0.1) is 0 Å². The molecular weight excluding hydrogens is 739 g/mol. The lowest BCUT2D eigenvalue weighted by molar-refractivity contribution is -0.889. The van der Waals surface area contributed by atoms with Crippen molar-refractivity contribution >= 4 is 17.9 Å². The predicted molar refractivity (Wildman–Crippen MR) is 245 cm³/mol. The molecule has 0 aromatic heterocycles. The zero-order valence-electron chi connectivity index (χ0n) is 38.4. The molecule has 338 valence electrons. The van der Waals surface area contributed by atoms with Gasteiger partial charge in [-0.3, -0.25) is 9.59 Å². The molecule has 0 aromatic carbocycles. The van der Waals surface area contributed by atoms with Gasteiger partial charge in [0.1, 0.15) is 12.6 Å². The van der Waals surface area contributed by atoms with Crippen molar-refractivity contribution in [2.75, 3.05) is 41.0 Å². The average Bonchev–Trinajstić information content (AvgIpc) is 3.19. The summed E-state index contributed by atoms with van der Waals surface area (Å²) in [6.45, 7) is 4.51. The normalized spacial score (nSPS) is 13.6. The van der Waals surface area contributed by atoms with Crippen LogP contribution in [0.15, 0.2) is 72.9 Å². The molecule has 0 heterocycles. The second-order valence-corrected chi connectivity index (χ2v) is 16.6. The molecule has 8 nitrogen and oxygen atoms in total. The molecule has 0 aromatic rings. The van der Waals surface area contributed by atoms with Gasteiger partial charge in [-0.25, -0.2) is 0 Å². The fourth-order valence-electron chi connectivity index (χ4n) is 6.49. The molecule has 0 saturated carbocycles. The first-order chi connectivity index (χ1) is 28.6. The maximum Gasteiger partial charge on any atom is 0.306 e. The third-order valence-electron chi connectivity index (χ3n) is 10.1. The number of hydrogen-bond donors (Lipinski definition) is 0. The third-order valence-corrected chi connectivity index (χ3v) is 10.1. The molecule has 59 heavy (non-hydrogen) atoms. The summed E-state index contributed by atoms with van der Waals surface area (Å²) in [5, 5.41) is 11.6. The summed E-state index contributed by atoms with van der Waals surface area (Å²) in [6.07, 6.45) is 52.1. The molecule has 2 atom stereocenters. The second-order valence-electron chi connectivity index (χ2n) is 16.6. The molecule has 0 fully saturated rings. The highest BCUT2D eigenvalue weighted by Crippen LogP contribution is 2.14. The van der Waals surface area contributed by atoms with Gasteiger partial charge in [-0.05, 0) is 64.2 Å². The van der Waals surface area contributed by atoms with Crippen LogP contribution in [-0.2, 0) is 28.6 Å². The Balaban J connectivity index is 4.36. The maximum absolute atomic E-state index is 12.7. The fourth-order valence-corrected chi connectivity index (χ4v) is 6.49. The number of esters is 2. The topological polar surface area (TPSA) is 102 Å². The van der Waals surface area contributed by atoms with Crippen LogP contribution in [0, 0.1) is 0 Å². The van der Waals surface area contributed by atoms with Gasteiger partial charge in [-0.2, -0.15) is 0 Å².